The van der Waals surface area contributed by atoms with E-state index in [0.717, 1.165) is 25.9 Å². The Labute approximate surface area is 112 Å². The lowest BCUT2D eigenvalue weighted by Gasteiger charge is -2.28. The lowest BCUT2D eigenvalue weighted by atomic mass is 9.94. The standard InChI is InChI=1S/C11H21F3N2O2S/c1-9(10-4-2-6-15-8-10)16-19(17,18)7-3-5-11(12,13)14/h9-10,15-16H,2-8H2,1H3. The maximum Gasteiger partial charge on any atom is 0.389 e. The van der Waals surface area contributed by atoms with Gasteiger partial charge in [0.25, 0.3) is 0 Å². The van der Waals surface area contributed by atoms with Crippen LogP contribution in [0.3, 0.4) is 0 Å². The van der Waals surface area contributed by atoms with Gasteiger partial charge in [-0.2, -0.15) is 13.2 Å². The van der Waals surface area contributed by atoms with Gasteiger partial charge in [0.15, 0.2) is 0 Å². The van der Waals surface area contributed by atoms with Crippen molar-refractivity contribution >= 4 is 10.0 Å². The summed E-state index contributed by atoms with van der Waals surface area (Å²) in [6.07, 6.45) is -3.83. The van der Waals surface area contributed by atoms with Gasteiger partial charge in [-0.3, -0.25) is 0 Å². The first-order valence-corrected chi connectivity index (χ1v) is 8.12. The molecule has 1 fully saturated rings. The molecule has 1 rings (SSSR count). The zero-order valence-electron chi connectivity index (χ0n) is 11.0. The smallest absolute Gasteiger partial charge is 0.316 e. The molecule has 2 N–H and O–H groups in total. The van der Waals surface area contributed by atoms with Gasteiger partial charge in [0.2, 0.25) is 10.0 Å². The highest BCUT2D eigenvalue weighted by atomic mass is 32.2. The second-order valence-corrected chi connectivity index (χ2v) is 6.92. The molecule has 2 unspecified atom stereocenters. The number of hydrogen-bond acceptors (Lipinski definition) is 3. The van der Waals surface area contributed by atoms with Gasteiger partial charge in [0, 0.05) is 12.5 Å². The lowest BCUT2D eigenvalue weighted by molar-refractivity contribution is -0.134. The highest BCUT2D eigenvalue weighted by Gasteiger charge is 2.28. The summed E-state index contributed by atoms with van der Waals surface area (Å²) < 4.78 is 61.7. The van der Waals surface area contributed by atoms with Crippen molar-refractivity contribution in [1.82, 2.24) is 10.0 Å². The first-order chi connectivity index (χ1) is 8.70. The maximum atomic E-state index is 12.0. The first-order valence-electron chi connectivity index (χ1n) is 6.47. The average molecular weight is 302 g/mol. The average Bonchev–Trinajstić information content (AvgIpc) is 2.27. The minimum absolute atomic E-state index is 0.200. The van der Waals surface area contributed by atoms with Crippen molar-refractivity contribution in [2.45, 2.75) is 44.8 Å². The summed E-state index contributed by atoms with van der Waals surface area (Å²) in [5.41, 5.74) is 0. The Morgan fingerprint density at radius 3 is 2.63 bits per heavy atom. The Morgan fingerprint density at radius 1 is 1.42 bits per heavy atom. The molecule has 1 saturated heterocycles. The fourth-order valence-electron chi connectivity index (χ4n) is 2.21. The molecule has 0 radical (unpaired) electrons. The molecule has 19 heavy (non-hydrogen) atoms. The zero-order valence-corrected chi connectivity index (χ0v) is 11.8. The number of hydrogen-bond donors (Lipinski definition) is 2. The van der Waals surface area contributed by atoms with E-state index in [2.05, 4.69) is 10.0 Å². The molecular weight excluding hydrogens is 281 g/mol. The van der Waals surface area contributed by atoms with Crippen LogP contribution in [0.2, 0.25) is 0 Å². The van der Waals surface area contributed by atoms with Gasteiger partial charge in [-0.05, 0) is 45.2 Å². The van der Waals surface area contributed by atoms with Gasteiger partial charge >= 0.3 is 6.18 Å². The van der Waals surface area contributed by atoms with E-state index in [1.807, 2.05) is 0 Å². The van der Waals surface area contributed by atoms with Gasteiger partial charge in [0.1, 0.15) is 0 Å². The molecule has 1 heterocycles. The zero-order chi connectivity index (χ0) is 14.5. The van der Waals surface area contributed by atoms with Crippen LogP contribution in [0.25, 0.3) is 0 Å². The predicted molar refractivity (Wildman–Crippen MR) is 67.3 cm³/mol. The highest BCUT2D eigenvalue weighted by Crippen LogP contribution is 2.21. The van der Waals surface area contributed by atoms with Crippen LogP contribution in [0.5, 0.6) is 0 Å². The first kappa shape index (κ1) is 16.7. The van der Waals surface area contributed by atoms with E-state index in [0.29, 0.717) is 0 Å². The van der Waals surface area contributed by atoms with Gasteiger partial charge in [0.05, 0.1) is 5.75 Å². The summed E-state index contributed by atoms with van der Waals surface area (Å²) >= 11 is 0. The summed E-state index contributed by atoms with van der Waals surface area (Å²) in [6, 6.07) is -0.247. The van der Waals surface area contributed by atoms with Gasteiger partial charge in [-0.15, -0.1) is 0 Å². The van der Waals surface area contributed by atoms with E-state index in [1.54, 1.807) is 6.92 Å². The van der Waals surface area contributed by atoms with E-state index in [-0.39, 0.29) is 12.0 Å². The fraction of sp³-hybridized carbons (Fsp3) is 1.00. The van der Waals surface area contributed by atoms with Crippen LogP contribution >= 0.6 is 0 Å². The second kappa shape index (κ2) is 6.90. The molecule has 0 aromatic rings. The number of alkyl halides is 3. The second-order valence-electron chi connectivity index (χ2n) is 5.05. The monoisotopic (exact) mass is 302 g/mol. The summed E-state index contributed by atoms with van der Waals surface area (Å²) in [5.74, 6) is -0.275. The van der Waals surface area contributed by atoms with Crippen LogP contribution in [0.4, 0.5) is 13.2 Å². The SMILES string of the molecule is CC(NS(=O)(=O)CCCC(F)(F)F)C1CCCNC1. The van der Waals surface area contributed by atoms with Crippen LogP contribution in [0.15, 0.2) is 0 Å². The van der Waals surface area contributed by atoms with Crippen LogP contribution < -0.4 is 10.0 Å². The minimum Gasteiger partial charge on any atom is -0.316 e. The third-order valence-corrected chi connectivity index (χ3v) is 4.84. The van der Waals surface area contributed by atoms with E-state index in [4.69, 9.17) is 0 Å². The molecule has 114 valence electrons. The van der Waals surface area contributed by atoms with Crippen LogP contribution in [0, 0.1) is 5.92 Å². The summed E-state index contributed by atoms with van der Waals surface area (Å²) in [6.45, 7) is 3.44. The van der Waals surface area contributed by atoms with Crippen molar-refractivity contribution in [2.75, 3.05) is 18.8 Å². The molecule has 0 spiro atoms. The molecule has 0 aliphatic carbocycles. The number of sulfonamides is 1. The molecule has 0 aromatic heterocycles. The Balaban J connectivity index is 2.36. The summed E-state index contributed by atoms with van der Waals surface area (Å²) in [7, 11) is -3.63. The fourth-order valence-corrected chi connectivity index (χ4v) is 3.61. The largest absolute Gasteiger partial charge is 0.389 e. The minimum atomic E-state index is -4.30. The van der Waals surface area contributed by atoms with Crippen molar-refractivity contribution < 1.29 is 21.6 Å². The molecule has 0 saturated carbocycles. The molecule has 1 aliphatic rings. The predicted octanol–water partition coefficient (Wildman–Crippen LogP) is 1.64. The topological polar surface area (TPSA) is 58.2 Å². The Morgan fingerprint density at radius 2 is 2.11 bits per heavy atom. The Kier molecular flexibility index (Phi) is 6.07. The molecular formula is C11H21F3N2O2S. The number of piperidine rings is 1. The van der Waals surface area contributed by atoms with Crippen LogP contribution in [0.1, 0.15) is 32.6 Å². The van der Waals surface area contributed by atoms with Gasteiger partial charge in [-0.1, -0.05) is 0 Å². The van der Waals surface area contributed by atoms with Gasteiger partial charge in [-0.25, -0.2) is 13.1 Å². The van der Waals surface area contributed by atoms with E-state index < -0.39 is 34.8 Å². The van der Waals surface area contributed by atoms with Crippen LogP contribution in [-0.2, 0) is 10.0 Å². The van der Waals surface area contributed by atoms with Crippen molar-refractivity contribution in [2.24, 2.45) is 5.92 Å². The third kappa shape index (κ3) is 7.12. The number of nitrogens with one attached hydrogen (secondary N) is 2. The number of halogens is 3. The molecule has 1 aliphatic heterocycles. The van der Waals surface area contributed by atoms with E-state index in [9.17, 15) is 21.6 Å². The highest BCUT2D eigenvalue weighted by molar-refractivity contribution is 7.89. The van der Waals surface area contributed by atoms with Crippen molar-refractivity contribution in [3.05, 3.63) is 0 Å². The van der Waals surface area contributed by atoms with Crippen molar-refractivity contribution in [3.8, 4) is 0 Å². The van der Waals surface area contributed by atoms with Crippen molar-refractivity contribution in [1.29, 1.82) is 0 Å². The molecule has 0 amide bonds. The van der Waals surface area contributed by atoms with Crippen LogP contribution in [-0.4, -0.2) is 39.5 Å². The third-order valence-electron chi connectivity index (χ3n) is 3.28. The maximum absolute atomic E-state index is 12.0. The molecule has 2 atom stereocenters. The molecule has 0 aromatic carbocycles. The van der Waals surface area contributed by atoms with Gasteiger partial charge < -0.3 is 5.32 Å². The van der Waals surface area contributed by atoms with E-state index in [1.165, 1.54) is 0 Å². The lowest BCUT2D eigenvalue weighted by Crippen LogP contribution is -2.45. The quantitative estimate of drug-likeness (QED) is 0.784. The Hall–Kier alpha value is -0.340. The van der Waals surface area contributed by atoms with E-state index >= 15 is 0 Å². The molecule has 4 nitrogen and oxygen atoms in total. The number of rotatable bonds is 6. The summed E-state index contributed by atoms with van der Waals surface area (Å²) in [5, 5.41) is 3.18. The Bertz CT molecular complexity index is 365. The van der Waals surface area contributed by atoms with Crippen molar-refractivity contribution in [3.63, 3.8) is 0 Å². The normalized spacial score (nSPS) is 23.3. The molecule has 8 heteroatoms. The molecule has 0 bridgehead atoms. The summed E-state index contributed by atoms with van der Waals surface area (Å²) in [4.78, 5) is 0.